The van der Waals surface area contributed by atoms with Crippen molar-refractivity contribution in [3.05, 3.63) is 77.4 Å². The third-order valence-corrected chi connectivity index (χ3v) is 2.83. The number of carbonyl (C=O) groups is 2. The normalized spacial score (nSPS) is 10.6. The molecular weight excluding hydrogens is 252 g/mol. The quantitative estimate of drug-likeness (QED) is 0.668. The molecule has 2 aromatic carbocycles. The highest BCUT2D eigenvalue weighted by Crippen LogP contribution is 2.11. The first-order valence-electron chi connectivity index (χ1n) is 6.23. The number of benzene rings is 2. The summed E-state index contributed by atoms with van der Waals surface area (Å²) in [6, 6.07) is 16.4. The number of rotatable bonds is 5. The summed E-state index contributed by atoms with van der Waals surface area (Å²) in [5.74, 6) is -0.944. The van der Waals surface area contributed by atoms with E-state index in [9.17, 15) is 9.59 Å². The molecule has 2 aromatic rings. The minimum atomic E-state index is -0.990. The zero-order chi connectivity index (χ0) is 14.4. The molecule has 0 fully saturated rings. The Morgan fingerprint density at radius 2 is 1.75 bits per heavy atom. The lowest BCUT2D eigenvalue weighted by Gasteiger charge is -2.03. The lowest BCUT2D eigenvalue weighted by molar-refractivity contribution is -0.131. The van der Waals surface area contributed by atoms with Crippen molar-refractivity contribution in [1.82, 2.24) is 0 Å². The van der Waals surface area contributed by atoms with Gasteiger partial charge < -0.3 is 5.11 Å². The summed E-state index contributed by atoms with van der Waals surface area (Å²) in [7, 11) is 0. The highest BCUT2D eigenvalue weighted by atomic mass is 16.4. The average molecular weight is 266 g/mol. The molecule has 0 amide bonds. The topological polar surface area (TPSA) is 54.4 Å². The van der Waals surface area contributed by atoms with E-state index in [2.05, 4.69) is 0 Å². The number of ketones is 1. The molecule has 2 rings (SSSR count). The molecule has 0 saturated heterocycles. The van der Waals surface area contributed by atoms with Crippen molar-refractivity contribution in [3.63, 3.8) is 0 Å². The summed E-state index contributed by atoms with van der Waals surface area (Å²) in [4.78, 5) is 22.6. The lowest BCUT2D eigenvalue weighted by Crippen LogP contribution is -2.03. The highest BCUT2D eigenvalue weighted by Gasteiger charge is 2.06. The van der Waals surface area contributed by atoms with Crippen molar-refractivity contribution >= 4 is 17.8 Å². The summed E-state index contributed by atoms with van der Waals surface area (Å²) in [6.07, 6.45) is 2.90. The van der Waals surface area contributed by atoms with Crippen molar-refractivity contribution in [2.24, 2.45) is 0 Å². The third-order valence-electron chi connectivity index (χ3n) is 2.83. The number of Topliss-reactive ketones (excluding diaryl/α,β-unsaturated/α-hetero) is 1. The summed E-state index contributed by atoms with van der Waals surface area (Å²) < 4.78 is 0. The van der Waals surface area contributed by atoms with Crippen molar-refractivity contribution in [2.45, 2.75) is 6.42 Å². The number of carboxylic acids is 1. The van der Waals surface area contributed by atoms with Crippen LogP contribution in [0.1, 0.15) is 21.5 Å². The van der Waals surface area contributed by atoms with Gasteiger partial charge in [0.2, 0.25) is 0 Å². The first-order valence-corrected chi connectivity index (χ1v) is 6.23. The summed E-state index contributed by atoms with van der Waals surface area (Å²) in [6.45, 7) is 0. The maximum absolute atomic E-state index is 12.1. The Morgan fingerprint density at radius 3 is 2.45 bits per heavy atom. The highest BCUT2D eigenvalue weighted by molar-refractivity contribution is 5.97. The van der Waals surface area contributed by atoms with Gasteiger partial charge in [0.25, 0.3) is 0 Å². The monoisotopic (exact) mass is 266 g/mol. The van der Waals surface area contributed by atoms with Crippen LogP contribution in [-0.2, 0) is 11.2 Å². The van der Waals surface area contributed by atoms with E-state index in [1.165, 1.54) is 6.08 Å². The van der Waals surface area contributed by atoms with Gasteiger partial charge in [-0.3, -0.25) is 4.79 Å². The van der Waals surface area contributed by atoms with Gasteiger partial charge >= 0.3 is 5.97 Å². The van der Waals surface area contributed by atoms with Crippen molar-refractivity contribution < 1.29 is 14.7 Å². The molecule has 1 N–H and O–H groups in total. The Morgan fingerprint density at radius 1 is 1.00 bits per heavy atom. The van der Waals surface area contributed by atoms with E-state index in [4.69, 9.17) is 5.11 Å². The SMILES string of the molecule is O=C(O)/C=C/c1cccc(CC(=O)c2ccccc2)c1. The van der Waals surface area contributed by atoms with E-state index in [1.54, 1.807) is 18.2 Å². The first-order chi connectivity index (χ1) is 9.65. The predicted molar refractivity (Wildman–Crippen MR) is 77.6 cm³/mol. The number of hydrogen-bond acceptors (Lipinski definition) is 2. The molecule has 3 nitrogen and oxygen atoms in total. The zero-order valence-corrected chi connectivity index (χ0v) is 10.8. The number of carboxylic acid groups (broad SMARTS) is 1. The van der Waals surface area contributed by atoms with E-state index in [-0.39, 0.29) is 5.78 Å². The molecule has 0 atom stereocenters. The molecule has 20 heavy (non-hydrogen) atoms. The van der Waals surface area contributed by atoms with Crippen molar-refractivity contribution in [1.29, 1.82) is 0 Å². The molecule has 0 aliphatic heterocycles. The molecule has 0 heterocycles. The molecule has 3 heteroatoms. The van der Waals surface area contributed by atoms with Crippen LogP contribution in [0.15, 0.2) is 60.7 Å². The molecule has 0 aliphatic rings. The van der Waals surface area contributed by atoms with Gasteiger partial charge in [-0.05, 0) is 17.2 Å². The Kier molecular flexibility index (Phi) is 4.45. The van der Waals surface area contributed by atoms with Gasteiger partial charge in [-0.25, -0.2) is 4.79 Å². The summed E-state index contributed by atoms with van der Waals surface area (Å²) >= 11 is 0. The van der Waals surface area contributed by atoms with E-state index < -0.39 is 5.97 Å². The molecule has 0 radical (unpaired) electrons. The third kappa shape index (κ3) is 3.92. The second kappa shape index (κ2) is 6.48. The van der Waals surface area contributed by atoms with Crippen LogP contribution >= 0.6 is 0 Å². The predicted octanol–water partition coefficient (Wildman–Crippen LogP) is 3.21. The van der Waals surface area contributed by atoms with Crippen LogP contribution < -0.4 is 0 Å². The molecule has 0 bridgehead atoms. The fourth-order valence-electron chi connectivity index (χ4n) is 1.89. The lowest BCUT2D eigenvalue weighted by atomic mass is 10.0. The van der Waals surface area contributed by atoms with Crippen LogP contribution in [0.4, 0.5) is 0 Å². The van der Waals surface area contributed by atoms with Crippen LogP contribution in [0, 0.1) is 0 Å². The van der Waals surface area contributed by atoms with Gasteiger partial charge in [0, 0.05) is 18.1 Å². The van der Waals surface area contributed by atoms with E-state index in [0.29, 0.717) is 12.0 Å². The van der Waals surface area contributed by atoms with Crippen molar-refractivity contribution in [3.8, 4) is 0 Å². The Bertz CT molecular complexity index is 642. The standard InChI is InChI=1S/C17H14O3/c18-16(15-7-2-1-3-8-15)12-14-6-4-5-13(11-14)9-10-17(19)20/h1-11H,12H2,(H,19,20)/b10-9+. The molecule has 0 saturated carbocycles. The second-order valence-electron chi connectivity index (χ2n) is 4.38. The van der Waals surface area contributed by atoms with E-state index in [1.807, 2.05) is 36.4 Å². The van der Waals surface area contributed by atoms with Gasteiger partial charge in [-0.1, -0.05) is 54.6 Å². The molecule has 100 valence electrons. The molecule has 0 aromatic heterocycles. The fraction of sp³-hybridized carbons (Fsp3) is 0.0588. The molecule has 0 unspecified atom stereocenters. The average Bonchev–Trinajstić information content (AvgIpc) is 2.46. The van der Waals surface area contributed by atoms with Gasteiger partial charge in [-0.2, -0.15) is 0 Å². The van der Waals surface area contributed by atoms with E-state index >= 15 is 0 Å². The number of hydrogen-bond donors (Lipinski definition) is 1. The van der Waals surface area contributed by atoms with Crippen LogP contribution in [0.5, 0.6) is 0 Å². The maximum atomic E-state index is 12.1. The maximum Gasteiger partial charge on any atom is 0.328 e. The second-order valence-corrected chi connectivity index (χ2v) is 4.38. The first kappa shape index (κ1) is 13.7. The Labute approximate surface area is 117 Å². The smallest absolute Gasteiger partial charge is 0.328 e. The van der Waals surface area contributed by atoms with Crippen LogP contribution in [0.3, 0.4) is 0 Å². The van der Waals surface area contributed by atoms with Gasteiger partial charge in [0.1, 0.15) is 0 Å². The largest absolute Gasteiger partial charge is 0.478 e. The van der Waals surface area contributed by atoms with Crippen LogP contribution in [-0.4, -0.2) is 16.9 Å². The van der Waals surface area contributed by atoms with Gasteiger partial charge in [0.05, 0.1) is 0 Å². The minimum absolute atomic E-state index is 0.0463. The van der Waals surface area contributed by atoms with Gasteiger partial charge in [-0.15, -0.1) is 0 Å². The molecule has 0 aliphatic carbocycles. The van der Waals surface area contributed by atoms with Gasteiger partial charge in [0.15, 0.2) is 5.78 Å². The minimum Gasteiger partial charge on any atom is -0.478 e. The van der Waals surface area contributed by atoms with Crippen molar-refractivity contribution in [2.75, 3.05) is 0 Å². The zero-order valence-electron chi connectivity index (χ0n) is 10.8. The Balaban J connectivity index is 2.12. The number of aliphatic carboxylic acids is 1. The summed E-state index contributed by atoms with van der Waals surface area (Å²) in [5.41, 5.74) is 2.32. The number of carbonyl (C=O) groups excluding carboxylic acids is 1. The Hall–Kier alpha value is -2.68. The fourth-order valence-corrected chi connectivity index (χ4v) is 1.89. The summed E-state index contributed by atoms with van der Waals surface area (Å²) in [5, 5.41) is 8.60. The molecular formula is C17H14O3. The van der Waals surface area contributed by atoms with Crippen LogP contribution in [0.25, 0.3) is 6.08 Å². The molecule has 0 spiro atoms. The van der Waals surface area contributed by atoms with E-state index in [0.717, 1.165) is 17.2 Å². The van der Waals surface area contributed by atoms with Crippen LogP contribution in [0.2, 0.25) is 0 Å².